The van der Waals surface area contributed by atoms with Crippen LogP contribution in [0.3, 0.4) is 0 Å². The summed E-state index contributed by atoms with van der Waals surface area (Å²) < 4.78 is 0.929. The van der Waals surface area contributed by atoms with Crippen molar-refractivity contribution in [2.24, 2.45) is 5.92 Å². The molecule has 0 bridgehead atoms. The lowest BCUT2D eigenvalue weighted by atomic mass is 9.87. The molecule has 1 fully saturated rings. The van der Waals surface area contributed by atoms with E-state index in [4.69, 9.17) is 0 Å². The third-order valence-corrected chi connectivity index (χ3v) is 4.23. The summed E-state index contributed by atoms with van der Waals surface area (Å²) in [5, 5.41) is 6.55. The van der Waals surface area contributed by atoms with Crippen molar-refractivity contribution in [3.05, 3.63) is 10.7 Å². The third kappa shape index (κ3) is 4.64. The van der Waals surface area contributed by atoms with E-state index in [1.54, 1.807) is 6.20 Å². The highest BCUT2D eigenvalue weighted by Gasteiger charge is 2.13. The minimum atomic E-state index is 0.686. The van der Waals surface area contributed by atoms with Crippen LogP contribution in [0.2, 0.25) is 0 Å². The largest absolute Gasteiger partial charge is 0.369 e. The molecule has 0 radical (unpaired) electrons. The number of rotatable bonds is 6. The molecule has 1 aromatic heterocycles. The maximum absolute atomic E-state index is 4.46. The quantitative estimate of drug-likeness (QED) is 0.827. The molecule has 4 nitrogen and oxygen atoms in total. The summed E-state index contributed by atoms with van der Waals surface area (Å²) in [7, 11) is 0. The normalized spacial score (nSPS) is 16.3. The van der Waals surface area contributed by atoms with E-state index in [-0.39, 0.29) is 0 Å². The molecule has 2 N–H and O–H groups in total. The summed E-state index contributed by atoms with van der Waals surface area (Å²) in [6.45, 7) is 3.87. The van der Waals surface area contributed by atoms with Crippen LogP contribution in [0, 0.1) is 5.92 Å². The van der Waals surface area contributed by atoms with Crippen LogP contribution >= 0.6 is 15.9 Å². The number of nitrogens with zero attached hydrogens (tertiary/aromatic N) is 2. The Labute approximate surface area is 123 Å². The molecule has 19 heavy (non-hydrogen) atoms. The Morgan fingerprint density at radius 1 is 1.26 bits per heavy atom. The molecule has 0 spiro atoms. The monoisotopic (exact) mass is 326 g/mol. The van der Waals surface area contributed by atoms with Crippen LogP contribution in [0.5, 0.6) is 0 Å². The van der Waals surface area contributed by atoms with Crippen LogP contribution in [0.15, 0.2) is 10.7 Å². The number of aromatic nitrogens is 2. The SMILES string of the molecule is CCNc1ncc(Br)c(NCCC2CCCCC2)n1. The van der Waals surface area contributed by atoms with Crippen LogP contribution in [0.1, 0.15) is 45.4 Å². The fourth-order valence-electron chi connectivity index (χ4n) is 2.60. The van der Waals surface area contributed by atoms with E-state index in [1.807, 2.05) is 6.92 Å². The lowest BCUT2D eigenvalue weighted by Crippen LogP contribution is -2.13. The van der Waals surface area contributed by atoms with Gasteiger partial charge in [0.15, 0.2) is 0 Å². The zero-order valence-electron chi connectivity index (χ0n) is 11.6. The zero-order valence-corrected chi connectivity index (χ0v) is 13.2. The third-order valence-electron chi connectivity index (χ3n) is 3.65. The number of halogens is 1. The average Bonchev–Trinajstić information content (AvgIpc) is 2.44. The van der Waals surface area contributed by atoms with Gasteiger partial charge in [0.2, 0.25) is 5.95 Å². The molecule has 1 heterocycles. The summed E-state index contributed by atoms with van der Waals surface area (Å²) in [6.07, 6.45) is 10.1. The van der Waals surface area contributed by atoms with E-state index in [9.17, 15) is 0 Å². The lowest BCUT2D eigenvalue weighted by molar-refractivity contribution is 0.345. The molecule has 1 saturated carbocycles. The Balaban J connectivity index is 1.82. The maximum atomic E-state index is 4.46. The molecule has 1 aromatic rings. The van der Waals surface area contributed by atoms with Crippen molar-refractivity contribution in [1.29, 1.82) is 0 Å². The number of hydrogen-bond donors (Lipinski definition) is 2. The van der Waals surface area contributed by atoms with Gasteiger partial charge in [0, 0.05) is 19.3 Å². The predicted molar refractivity (Wildman–Crippen MR) is 83.6 cm³/mol. The lowest BCUT2D eigenvalue weighted by Gasteiger charge is -2.21. The first kappa shape index (κ1) is 14.6. The van der Waals surface area contributed by atoms with Crippen LogP contribution < -0.4 is 10.6 Å². The Morgan fingerprint density at radius 2 is 2.05 bits per heavy atom. The van der Waals surface area contributed by atoms with E-state index < -0.39 is 0 Å². The first-order chi connectivity index (χ1) is 9.29. The van der Waals surface area contributed by atoms with Crippen molar-refractivity contribution < 1.29 is 0 Å². The molecule has 1 aliphatic carbocycles. The molecule has 5 heteroatoms. The number of nitrogens with one attached hydrogen (secondary N) is 2. The fraction of sp³-hybridized carbons (Fsp3) is 0.714. The van der Waals surface area contributed by atoms with Gasteiger partial charge in [-0.1, -0.05) is 32.1 Å². The van der Waals surface area contributed by atoms with Crippen LogP contribution in [0.25, 0.3) is 0 Å². The van der Waals surface area contributed by atoms with Crippen LogP contribution in [0.4, 0.5) is 11.8 Å². The molecule has 2 rings (SSSR count). The van der Waals surface area contributed by atoms with Gasteiger partial charge < -0.3 is 10.6 Å². The first-order valence-electron chi connectivity index (χ1n) is 7.30. The van der Waals surface area contributed by atoms with Gasteiger partial charge in [0.25, 0.3) is 0 Å². The van der Waals surface area contributed by atoms with E-state index in [0.717, 1.165) is 29.3 Å². The molecule has 106 valence electrons. The topological polar surface area (TPSA) is 49.8 Å². The van der Waals surface area contributed by atoms with E-state index >= 15 is 0 Å². The smallest absolute Gasteiger partial charge is 0.224 e. The highest BCUT2D eigenvalue weighted by molar-refractivity contribution is 9.10. The van der Waals surface area contributed by atoms with Crippen molar-refractivity contribution in [2.75, 3.05) is 23.7 Å². The first-order valence-corrected chi connectivity index (χ1v) is 8.09. The van der Waals surface area contributed by atoms with Crippen molar-refractivity contribution in [2.45, 2.75) is 45.4 Å². The number of anilines is 2. The van der Waals surface area contributed by atoms with Crippen molar-refractivity contribution >= 4 is 27.7 Å². The zero-order chi connectivity index (χ0) is 13.5. The van der Waals surface area contributed by atoms with E-state index in [1.165, 1.54) is 38.5 Å². The predicted octanol–water partition coefficient (Wildman–Crippen LogP) is 4.05. The standard InChI is InChI=1S/C14H23BrN4/c1-2-16-14-18-10-12(15)13(19-14)17-9-8-11-6-4-3-5-7-11/h10-11H,2-9H2,1H3,(H2,16,17,18,19). The second-order valence-electron chi connectivity index (χ2n) is 5.14. The van der Waals surface area contributed by atoms with Crippen LogP contribution in [-0.4, -0.2) is 23.1 Å². The van der Waals surface area contributed by atoms with Gasteiger partial charge in [-0.15, -0.1) is 0 Å². The Kier molecular flexibility index (Phi) is 5.89. The van der Waals surface area contributed by atoms with E-state index in [2.05, 4.69) is 36.5 Å². The average molecular weight is 327 g/mol. The minimum absolute atomic E-state index is 0.686. The summed E-state index contributed by atoms with van der Waals surface area (Å²) in [6, 6.07) is 0. The van der Waals surface area contributed by atoms with Gasteiger partial charge in [0.1, 0.15) is 5.82 Å². The van der Waals surface area contributed by atoms with E-state index in [0.29, 0.717) is 5.95 Å². The van der Waals surface area contributed by atoms with Gasteiger partial charge in [-0.05, 0) is 35.2 Å². The second kappa shape index (κ2) is 7.68. The highest BCUT2D eigenvalue weighted by Crippen LogP contribution is 2.26. The van der Waals surface area contributed by atoms with Crippen molar-refractivity contribution in [1.82, 2.24) is 9.97 Å². The van der Waals surface area contributed by atoms with Gasteiger partial charge >= 0.3 is 0 Å². The second-order valence-corrected chi connectivity index (χ2v) is 5.99. The molecule has 0 saturated heterocycles. The summed E-state index contributed by atoms with van der Waals surface area (Å²) >= 11 is 3.49. The molecular formula is C14H23BrN4. The minimum Gasteiger partial charge on any atom is -0.369 e. The summed E-state index contributed by atoms with van der Waals surface area (Å²) in [5.41, 5.74) is 0. The molecule has 1 aliphatic rings. The van der Waals surface area contributed by atoms with Gasteiger partial charge in [-0.3, -0.25) is 0 Å². The molecule has 0 aliphatic heterocycles. The Hall–Kier alpha value is -0.840. The molecule has 0 unspecified atom stereocenters. The summed E-state index contributed by atoms with van der Waals surface area (Å²) in [5.74, 6) is 2.47. The Morgan fingerprint density at radius 3 is 2.79 bits per heavy atom. The van der Waals surface area contributed by atoms with Crippen molar-refractivity contribution in [3.63, 3.8) is 0 Å². The fourth-order valence-corrected chi connectivity index (χ4v) is 2.94. The maximum Gasteiger partial charge on any atom is 0.224 e. The number of hydrogen-bond acceptors (Lipinski definition) is 4. The molecule has 0 amide bonds. The Bertz CT molecular complexity index is 391. The highest BCUT2D eigenvalue weighted by atomic mass is 79.9. The molecule has 0 aromatic carbocycles. The van der Waals surface area contributed by atoms with Gasteiger partial charge in [-0.25, -0.2) is 4.98 Å². The molecule has 0 atom stereocenters. The van der Waals surface area contributed by atoms with Crippen molar-refractivity contribution in [3.8, 4) is 0 Å². The molecular weight excluding hydrogens is 304 g/mol. The van der Waals surface area contributed by atoms with Gasteiger partial charge in [0.05, 0.1) is 4.47 Å². The summed E-state index contributed by atoms with van der Waals surface area (Å²) in [4.78, 5) is 8.68. The van der Waals surface area contributed by atoms with Gasteiger partial charge in [-0.2, -0.15) is 4.98 Å². The van der Waals surface area contributed by atoms with Crippen LogP contribution in [-0.2, 0) is 0 Å².